The Labute approximate surface area is 115 Å². The second-order valence-corrected chi connectivity index (χ2v) is 4.37. The maximum absolute atomic E-state index is 11.7. The van der Waals surface area contributed by atoms with Crippen LogP contribution >= 0.6 is 0 Å². The van der Waals surface area contributed by atoms with Crippen molar-refractivity contribution in [3.8, 4) is 5.69 Å². The van der Waals surface area contributed by atoms with Gasteiger partial charge >= 0.3 is 5.97 Å². The number of fused-ring (bicyclic) bond motifs is 1. The highest BCUT2D eigenvalue weighted by Crippen LogP contribution is 2.19. The average molecular weight is 270 g/mol. The first-order valence-corrected chi connectivity index (χ1v) is 6.33. The number of hydrogen-bond donors (Lipinski definition) is 1. The number of imidazole rings is 1. The average Bonchev–Trinajstić information content (AvgIpc) is 3.11. The van der Waals surface area contributed by atoms with Crippen molar-refractivity contribution < 1.29 is 9.53 Å². The van der Waals surface area contributed by atoms with Crippen molar-refractivity contribution in [1.29, 1.82) is 0 Å². The molecule has 20 heavy (non-hydrogen) atoms. The monoisotopic (exact) mass is 270 g/mol. The molecule has 1 N–H and O–H groups in total. The fourth-order valence-corrected chi connectivity index (χ4v) is 2.27. The van der Waals surface area contributed by atoms with Crippen LogP contribution in [0.1, 0.15) is 23.0 Å². The standard InChI is InChI=1S/C14H14N4O2/c1-3-13-10(14(19)20-2)7-17-18(13)9-4-5-11-12(6-9)16-8-15-11/h4-8H,3H2,1-2H3,(H,15,16). The quantitative estimate of drug-likeness (QED) is 0.740. The highest BCUT2D eigenvalue weighted by atomic mass is 16.5. The molecule has 0 aliphatic heterocycles. The summed E-state index contributed by atoms with van der Waals surface area (Å²) in [5, 5.41) is 4.30. The Kier molecular flexibility index (Phi) is 2.98. The number of hydrogen-bond acceptors (Lipinski definition) is 4. The lowest BCUT2D eigenvalue weighted by atomic mass is 10.2. The highest BCUT2D eigenvalue weighted by molar-refractivity contribution is 5.90. The Hall–Kier alpha value is -2.63. The molecule has 0 bridgehead atoms. The van der Waals surface area contributed by atoms with E-state index in [1.807, 2.05) is 25.1 Å². The summed E-state index contributed by atoms with van der Waals surface area (Å²) in [6.07, 6.45) is 3.88. The number of nitrogens with one attached hydrogen (secondary N) is 1. The third kappa shape index (κ3) is 1.85. The van der Waals surface area contributed by atoms with Crippen molar-refractivity contribution >= 4 is 17.0 Å². The van der Waals surface area contributed by atoms with Crippen LogP contribution in [0, 0.1) is 0 Å². The highest BCUT2D eigenvalue weighted by Gasteiger charge is 2.17. The minimum absolute atomic E-state index is 0.367. The molecule has 0 aliphatic rings. The first kappa shape index (κ1) is 12.4. The SMILES string of the molecule is CCc1c(C(=O)OC)cnn1-c1ccc2[nH]cnc2c1. The van der Waals surface area contributed by atoms with E-state index in [0.717, 1.165) is 22.4 Å². The summed E-state index contributed by atoms with van der Waals surface area (Å²) in [5.74, 6) is -0.367. The number of H-pyrrole nitrogens is 1. The zero-order chi connectivity index (χ0) is 14.1. The van der Waals surface area contributed by atoms with E-state index in [0.29, 0.717) is 12.0 Å². The van der Waals surface area contributed by atoms with Gasteiger partial charge in [0.1, 0.15) is 5.56 Å². The van der Waals surface area contributed by atoms with Crippen molar-refractivity contribution in [2.45, 2.75) is 13.3 Å². The second kappa shape index (κ2) is 4.80. The van der Waals surface area contributed by atoms with Crippen LogP contribution in [-0.2, 0) is 11.2 Å². The van der Waals surface area contributed by atoms with Crippen LogP contribution in [0.2, 0.25) is 0 Å². The molecular weight excluding hydrogens is 256 g/mol. The molecule has 0 spiro atoms. The van der Waals surface area contributed by atoms with Crippen LogP contribution in [0.5, 0.6) is 0 Å². The number of nitrogens with zero attached hydrogens (tertiary/aromatic N) is 3. The van der Waals surface area contributed by atoms with E-state index < -0.39 is 0 Å². The molecule has 3 rings (SSSR count). The molecule has 0 saturated heterocycles. The summed E-state index contributed by atoms with van der Waals surface area (Å²) in [7, 11) is 1.37. The van der Waals surface area contributed by atoms with Gasteiger partial charge in [-0.1, -0.05) is 6.92 Å². The molecule has 3 aromatic rings. The Morgan fingerprint density at radius 3 is 3.05 bits per heavy atom. The minimum Gasteiger partial charge on any atom is -0.465 e. The third-order valence-corrected chi connectivity index (χ3v) is 3.26. The molecule has 0 radical (unpaired) electrons. The van der Waals surface area contributed by atoms with E-state index in [9.17, 15) is 4.79 Å². The Morgan fingerprint density at radius 2 is 2.30 bits per heavy atom. The number of rotatable bonds is 3. The van der Waals surface area contributed by atoms with Gasteiger partial charge < -0.3 is 9.72 Å². The van der Waals surface area contributed by atoms with Crippen LogP contribution in [0.4, 0.5) is 0 Å². The summed E-state index contributed by atoms with van der Waals surface area (Å²) in [6.45, 7) is 1.98. The zero-order valence-corrected chi connectivity index (χ0v) is 11.3. The molecule has 0 atom stereocenters. The molecular formula is C14H14N4O2. The molecule has 2 aromatic heterocycles. The largest absolute Gasteiger partial charge is 0.465 e. The van der Waals surface area contributed by atoms with Crippen LogP contribution in [-0.4, -0.2) is 32.8 Å². The predicted molar refractivity (Wildman–Crippen MR) is 73.9 cm³/mol. The normalized spacial score (nSPS) is 10.9. The summed E-state index contributed by atoms with van der Waals surface area (Å²) < 4.78 is 6.53. The fourth-order valence-electron chi connectivity index (χ4n) is 2.27. The topological polar surface area (TPSA) is 72.8 Å². The van der Waals surface area contributed by atoms with Gasteiger partial charge in [0.05, 0.1) is 42.0 Å². The third-order valence-electron chi connectivity index (χ3n) is 3.26. The second-order valence-electron chi connectivity index (χ2n) is 4.37. The summed E-state index contributed by atoms with van der Waals surface area (Å²) >= 11 is 0. The van der Waals surface area contributed by atoms with Gasteiger partial charge in [0, 0.05) is 0 Å². The lowest BCUT2D eigenvalue weighted by Gasteiger charge is -2.07. The number of aromatic nitrogens is 4. The predicted octanol–water partition coefficient (Wildman–Crippen LogP) is 2.10. The van der Waals surface area contributed by atoms with E-state index in [1.165, 1.54) is 7.11 Å². The number of carbonyl (C=O) groups excluding carboxylic acids is 1. The molecule has 0 fully saturated rings. The number of methoxy groups -OCH3 is 1. The molecule has 0 saturated carbocycles. The van der Waals surface area contributed by atoms with Crippen LogP contribution in [0.25, 0.3) is 16.7 Å². The first-order chi connectivity index (χ1) is 9.74. The Morgan fingerprint density at radius 1 is 1.45 bits per heavy atom. The summed E-state index contributed by atoms with van der Waals surface area (Å²) in [6, 6.07) is 5.81. The van der Waals surface area contributed by atoms with Crippen molar-refractivity contribution in [3.05, 3.63) is 42.0 Å². The van der Waals surface area contributed by atoms with Gasteiger partial charge in [-0.05, 0) is 24.6 Å². The molecule has 102 valence electrons. The molecule has 0 amide bonds. The zero-order valence-electron chi connectivity index (χ0n) is 11.3. The van der Waals surface area contributed by atoms with Crippen molar-refractivity contribution in [3.63, 3.8) is 0 Å². The smallest absolute Gasteiger partial charge is 0.341 e. The number of ether oxygens (including phenoxy) is 1. The maximum atomic E-state index is 11.7. The fraction of sp³-hybridized carbons (Fsp3) is 0.214. The van der Waals surface area contributed by atoms with Gasteiger partial charge in [-0.15, -0.1) is 0 Å². The summed E-state index contributed by atoms with van der Waals surface area (Å²) in [4.78, 5) is 19.0. The maximum Gasteiger partial charge on any atom is 0.341 e. The number of carbonyl (C=O) groups is 1. The molecule has 2 heterocycles. The van der Waals surface area contributed by atoms with Gasteiger partial charge in [0.15, 0.2) is 0 Å². The van der Waals surface area contributed by atoms with Crippen LogP contribution < -0.4 is 0 Å². The van der Waals surface area contributed by atoms with E-state index in [-0.39, 0.29) is 5.97 Å². The van der Waals surface area contributed by atoms with Gasteiger partial charge in [0.2, 0.25) is 0 Å². The molecule has 0 aliphatic carbocycles. The molecule has 1 aromatic carbocycles. The van der Waals surface area contributed by atoms with Gasteiger partial charge in [-0.2, -0.15) is 5.10 Å². The number of esters is 1. The lowest BCUT2D eigenvalue weighted by Crippen LogP contribution is -2.07. The Balaban J connectivity index is 2.13. The molecule has 6 heteroatoms. The van der Waals surface area contributed by atoms with E-state index in [1.54, 1.807) is 17.2 Å². The number of benzene rings is 1. The lowest BCUT2D eigenvalue weighted by molar-refractivity contribution is 0.0599. The van der Waals surface area contributed by atoms with Crippen molar-refractivity contribution in [2.24, 2.45) is 0 Å². The van der Waals surface area contributed by atoms with Crippen LogP contribution in [0.3, 0.4) is 0 Å². The van der Waals surface area contributed by atoms with Crippen molar-refractivity contribution in [2.75, 3.05) is 7.11 Å². The molecule has 6 nitrogen and oxygen atoms in total. The van der Waals surface area contributed by atoms with Crippen molar-refractivity contribution in [1.82, 2.24) is 19.7 Å². The summed E-state index contributed by atoms with van der Waals surface area (Å²) in [5.41, 5.74) is 4.02. The molecule has 0 unspecified atom stereocenters. The van der Waals surface area contributed by atoms with Gasteiger partial charge in [0.25, 0.3) is 0 Å². The van der Waals surface area contributed by atoms with E-state index in [4.69, 9.17) is 4.74 Å². The number of aromatic amines is 1. The Bertz CT molecular complexity index is 772. The van der Waals surface area contributed by atoms with Crippen LogP contribution in [0.15, 0.2) is 30.7 Å². The van der Waals surface area contributed by atoms with Gasteiger partial charge in [-0.3, -0.25) is 0 Å². The van der Waals surface area contributed by atoms with Gasteiger partial charge in [-0.25, -0.2) is 14.5 Å². The minimum atomic E-state index is -0.367. The van der Waals surface area contributed by atoms with E-state index >= 15 is 0 Å². The van der Waals surface area contributed by atoms with E-state index in [2.05, 4.69) is 15.1 Å². The first-order valence-electron chi connectivity index (χ1n) is 6.33.